The number of thiophene rings is 1. The summed E-state index contributed by atoms with van der Waals surface area (Å²) in [4.78, 5) is 15.0. The van der Waals surface area contributed by atoms with Gasteiger partial charge >= 0.3 is 0 Å². The van der Waals surface area contributed by atoms with E-state index in [4.69, 9.17) is 16.3 Å². The summed E-state index contributed by atoms with van der Waals surface area (Å²) in [7, 11) is 0. The maximum atomic E-state index is 12.9. The van der Waals surface area contributed by atoms with Crippen molar-refractivity contribution >= 4 is 33.2 Å². The fraction of sp³-hybridized carbons (Fsp3) is 0.450. The standard InChI is InChI=1S/C20H22ClN3O2S/c1-13-4-9-16-17(12-13)27-19-18(16)20(25)24(23-22-19)10-2-3-11-26-15-7-5-14(21)6-8-15/h5-8,13H,2-4,9-12H2,1H3/t13-/m0/s1. The molecular weight excluding hydrogens is 382 g/mol. The van der Waals surface area contributed by atoms with Crippen molar-refractivity contribution in [1.82, 2.24) is 15.0 Å². The summed E-state index contributed by atoms with van der Waals surface area (Å²) in [6.07, 6.45) is 4.83. The van der Waals surface area contributed by atoms with Gasteiger partial charge in [-0.25, -0.2) is 4.68 Å². The number of aromatic nitrogens is 3. The maximum absolute atomic E-state index is 12.9. The minimum absolute atomic E-state index is 0.00525. The summed E-state index contributed by atoms with van der Waals surface area (Å²) in [6.45, 7) is 3.42. The van der Waals surface area contributed by atoms with Crippen molar-refractivity contribution in [1.29, 1.82) is 0 Å². The van der Waals surface area contributed by atoms with E-state index in [-0.39, 0.29) is 5.56 Å². The monoisotopic (exact) mass is 403 g/mol. The molecule has 1 aliphatic rings. The predicted octanol–water partition coefficient (Wildman–Crippen LogP) is 4.49. The third-order valence-corrected chi connectivity index (χ3v) is 6.42. The number of unbranched alkanes of at least 4 members (excludes halogenated alkanes) is 1. The summed E-state index contributed by atoms with van der Waals surface area (Å²) in [5.41, 5.74) is 1.22. The zero-order chi connectivity index (χ0) is 18.8. The number of aryl methyl sites for hydroxylation is 2. The predicted molar refractivity (Wildman–Crippen MR) is 109 cm³/mol. The lowest BCUT2D eigenvalue weighted by atomic mass is 9.89. The van der Waals surface area contributed by atoms with Gasteiger partial charge in [-0.05, 0) is 67.9 Å². The zero-order valence-electron chi connectivity index (χ0n) is 15.3. The molecule has 3 aromatic rings. The van der Waals surface area contributed by atoms with Gasteiger partial charge in [-0.1, -0.05) is 23.7 Å². The zero-order valence-corrected chi connectivity index (χ0v) is 16.9. The van der Waals surface area contributed by atoms with Crippen LogP contribution in [0.3, 0.4) is 0 Å². The van der Waals surface area contributed by atoms with Gasteiger partial charge in [0.05, 0.1) is 12.0 Å². The molecule has 142 valence electrons. The molecule has 0 unspecified atom stereocenters. The molecule has 2 aromatic heterocycles. The quantitative estimate of drug-likeness (QED) is 0.569. The van der Waals surface area contributed by atoms with Crippen molar-refractivity contribution in [2.24, 2.45) is 5.92 Å². The van der Waals surface area contributed by atoms with Gasteiger partial charge in [-0.15, -0.1) is 16.4 Å². The Labute approximate surface area is 166 Å². The second-order valence-electron chi connectivity index (χ2n) is 7.16. The van der Waals surface area contributed by atoms with Gasteiger partial charge in [0.25, 0.3) is 5.56 Å². The molecule has 0 radical (unpaired) electrons. The molecule has 0 saturated carbocycles. The van der Waals surface area contributed by atoms with Gasteiger partial charge in [0.1, 0.15) is 5.75 Å². The highest BCUT2D eigenvalue weighted by atomic mass is 35.5. The summed E-state index contributed by atoms with van der Waals surface area (Å²) >= 11 is 7.50. The molecule has 0 bridgehead atoms. The van der Waals surface area contributed by atoms with Crippen molar-refractivity contribution in [3.05, 3.63) is 50.1 Å². The minimum Gasteiger partial charge on any atom is -0.494 e. The first-order valence-corrected chi connectivity index (χ1v) is 10.6. The van der Waals surface area contributed by atoms with E-state index in [2.05, 4.69) is 17.2 Å². The molecule has 0 fully saturated rings. The van der Waals surface area contributed by atoms with E-state index < -0.39 is 0 Å². The van der Waals surface area contributed by atoms with Crippen LogP contribution in [0.2, 0.25) is 5.02 Å². The molecular formula is C20H22ClN3O2S. The van der Waals surface area contributed by atoms with Crippen LogP contribution in [0.1, 0.15) is 36.6 Å². The highest BCUT2D eigenvalue weighted by Gasteiger charge is 2.23. The molecule has 0 amide bonds. The van der Waals surface area contributed by atoms with E-state index in [1.807, 2.05) is 24.3 Å². The average molecular weight is 404 g/mol. The van der Waals surface area contributed by atoms with Crippen LogP contribution in [0.4, 0.5) is 0 Å². The van der Waals surface area contributed by atoms with Crippen molar-refractivity contribution in [3.63, 3.8) is 0 Å². The lowest BCUT2D eigenvalue weighted by Crippen LogP contribution is -2.25. The van der Waals surface area contributed by atoms with Gasteiger partial charge in [0, 0.05) is 16.4 Å². The number of halogens is 1. The summed E-state index contributed by atoms with van der Waals surface area (Å²) in [5.74, 6) is 1.48. The Kier molecular flexibility index (Phi) is 5.45. The Morgan fingerprint density at radius 3 is 2.93 bits per heavy atom. The van der Waals surface area contributed by atoms with E-state index in [1.165, 1.54) is 15.1 Å². The van der Waals surface area contributed by atoms with Crippen molar-refractivity contribution in [3.8, 4) is 5.75 Å². The molecule has 5 nitrogen and oxygen atoms in total. The largest absolute Gasteiger partial charge is 0.494 e. The second kappa shape index (κ2) is 7.98. The Balaban J connectivity index is 1.38. The average Bonchev–Trinajstić information content (AvgIpc) is 3.03. The van der Waals surface area contributed by atoms with E-state index in [9.17, 15) is 4.79 Å². The number of hydrogen-bond acceptors (Lipinski definition) is 5. The molecule has 0 N–H and O–H groups in total. The van der Waals surface area contributed by atoms with Crippen LogP contribution < -0.4 is 10.3 Å². The molecule has 1 aliphatic carbocycles. The van der Waals surface area contributed by atoms with Crippen molar-refractivity contribution in [2.75, 3.05) is 6.61 Å². The fourth-order valence-corrected chi connectivity index (χ4v) is 4.97. The lowest BCUT2D eigenvalue weighted by Gasteiger charge is -2.17. The van der Waals surface area contributed by atoms with E-state index in [0.717, 1.165) is 48.1 Å². The van der Waals surface area contributed by atoms with Gasteiger partial charge in [0.2, 0.25) is 0 Å². The maximum Gasteiger partial charge on any atom is 0.278 e. The lowest BCUT2D eigenvalue weighted by molar-refractivity contribution is 0.300. The van der Waals surface area contributed by atoms with Gasteiger partial charge in [-0.2, -0.15) is 0 Å². The molecule has 1 atom stereocenters. The van der Waals surface area contributed by atoms with Crippen LogP contribution in [0, 0.1) is 5.92 Å². The van der Waals surface area contributed by atoms with Crippen LogP contribution >= 0.6 is 22.9 Å². The number of ether oxygens (including phenoxy) is 1. The van der Waals surface area contributed by atoms with E-state index >= 15 is 0 Å². The number of rotatable bonds is 6. The first-order valence-electron chi connectivity index (χ1n) is 9.38. The summed E-state index contributed by atoms with van der Waals surface area (Å²) < 4.78 is 7.20. The van der Waals surface area contributed by atoms with Crippen LogP contribution in [0.5, 0.6) is 5.75 Å². The Morgan fingerprint density at radius 2 is 2.11 bits per heavy atom. The summed E-state index contributed by atoms with van der Waals surface area (Å²) in [5, 5.41) is 9.95. The molecule has 7 heteroatoms. The highest BCUT2D eigenvalue weighted by Crippen LogP contribution is 2.35. The van der Waals surface area contributed by atoms with Gasteiger partial charge < -0.3 is 4.74 Å². The normalized spacial score (nSPS) is 16.4. The number of benzene rings is 1. The van der Waals surface area contributed by atoms with E-state index in [0.29, 0.717) is 24.1 Å². The Hall–Kier alpha value is -1.92. The van der Waals surface area contributed by atoms with Crippen molar-refractivity contribution < 1.29 is 4.74 Å². The smallest absolute Gasteiger partial charge is 0.278 e. The van der Waals surface area contributed by atoms with E-state index in [1.54, 1.807) is 11.3 Å². The molecule has 4 rings (SSSR count). The summed E-state index contributed by atoms with van der Waals surface area (Å²) in [6, 6.07) is 7.33. The van der Waals surface area contributed by atoms with Gasteiger partial charge in [0.15, 0.2) is 4.83 Å². The minimum atomic E-state index is 0.00525. The van der Waals surface area contributed by atoms with Crippen LogP contribution in [0.15, 0.2) is 29.1 Å². The molecule has 1 aromatic carbocycles. The topological polar surface area (TPSA) is 57.0 Å². The fourth-order valence-electron chi connectivity index (χ4n) is 3.52. The van der Waals surface area contributed by atoms with Crippen molar-refractivity contribution in [2.45, 2.75) is 45.6 Å². The highest BCUT2D eigenvalue weighted by molar-refractivity contribution is 7.18. The van der Waals surface area contributed by atoms with Crippen LogP contribution in [0.25, 0.3) is 10.2 Å². The number of nitrogens with zero attached hydrogens (tertiary/aromatic N) is 3. The van der Waals surface area contributed by atoms with Gasteiger partial charge in [-0.3, -0.25) is 4.79 Å². The molecule has 27 heavy (non-hydrogen) atoms. The third kappa shape index (κ3) is 4.01. The van der Waals surface area contributed by atoms with Crippen LogP contribution in [-0.2, 0) is 19.4 Å². The second-order valence-corrected chi connectivity index (χ2v) is 8.68. The van der Waals surface area contributed by atoms with Crippen LogP contribution in [-0.4, -0.2) is 21.6 Å². The third-order valence-electron chi connectivity index (χ3n) is 5.03. The first kappa shape index (κ1) is 18.4. The number of hydrogen-bond donors (Lipinski definition) is 0. The Morgan fingerprint density at radius 1 is 1.30 bits per heavy atom. The first-order chi connectivity index (χ1) is 13.1. The number of fused-ring (bicyclic) bond motifs is 3. The SMILES string of the molecule is C[C@H]1CCc2c(sc3nnn(CCCCOc4ccc(Cl)cc4)c(=O)c23)C1. The molecule has 2 heterocycles. The Bertz CT molecular complexity index is 997. The molecule has 0 saturated heterocycles. The molecule has 0 aliphatic heterocycles. The molecule has 0 spiro atoms.